The molecule has 0 aliphatic rings. The number of nitrogens with one attached hydrogen (secondary N) is 1. The van der Waals surface area contributed by atoms with Crippen LogP contribution in [0.15, 0.2) is 30.3 Å². The number of rotatable bonds is 6. The topological polar surface area (TPSA) is 81.5 Å². The van der Waals surface area contributed by atoms with Crippen molar-refractivity contribution in [1.82, 2.24) is 5.32 Å². The first-order chi connectivity index (χ1) is 9.76. The van der Waals surface area contributed by atoms with E-state index in [9.17, 15) is 14.9 Å². The summed E-state index contributed by atoms with van der Waals surface area (Å²) in [7, 11) is 0. The third-order valence-corrected chi connectivity index (χ3v) is 2.71. The Morgan fingerprint density at radius 1 is 1.33 bits per heavy atom. The lowest BCUT2D eigenvalue weighted by Crippen LogP contribution is -2.42. The highest BCUT2D eigenvalue weighted by Gasteiger charge is 2.22. The zero-order chi connectivity index (χ0) is 15.9. The van der Waals surface area contributed by atoms with Crippen molar-refractivity contribution in [1.29, 1.82) is 0 Å². The van der Waals surface area contributed by atoms with Gasteiger partial charge in [0.2, 0.25) is 6.54 Å². The molecule has 6 heteroatoms. The van der Waals surface area contributed by atoms with Crippen molar-refractivity contribution in [3.63, 3.8) is 0 Å². The molecule has 0 saturated heterocycles. The van der Waals surface area contributed by atoms with Gasteiger partial charge in [-0.3, -0.25) is 10.1 Å². The fraction of sp³-hybridized carbons (Fsp3) is 0.533. The van der Waals surface area contributed by atoms with Gasteiger partial charge in [0.05, 0.1) is 6.04 Å². The minimum Gasteiger partial charge on any atom is -0.444 e. The molecule has 0 aromatic heterocycles. The molecule has 21 heavy (non-hydrogen) atoms. The molecular weight excluding hydrogens is 272 g/mol. The summed E-state index contributed by atoms with van der Waals surface area (Å²) >= 11 is 0. The van der Waals surface area contributed by atoms with Crippen LogP contribution in [0.5, 0.6) is 0 Å². The predicted octanol–water partition coefficient (Wildman–Crippen LogP) is 2.79. The molecule has 1 amide bonds. The Morgan fingerprint density at radius 2 is 1.95 bits per heavy atom. The second-order valence-electron chi connectivity index (χ2n) is 5.88. The number of carbonyl (C=O) groups excluding carboxylic acids is 1. The highest BCUT2D eigenvalue weighted by atomic mass is 16.6. The number of alkyl carbamates (subject to hydrolysis) is 1. The average Bonchev–Trinajstić information content (AvgIpc) is 2.34. The third kappa shape index (κ3) is 7.91. The van der Waals surface area contributed by atoms with E-state index in [1.165, 1.54) is 0 Å². The fourth-order valence-electron chi connectivity index (χ4n) is 1.85. The summed E-state index contributed by atoms with van der Waals surface area (Å²) in [5, 5.41) is 13.3. The van der Waals surface area contributed by atoms with Crippen LogP contribution in [0.25, 0.3) is 0 Å². The molecular formula is C15H22N2O4. The lowest BCUT2D eigenvalue weighted by molar-refractivity contribution is -0.483. The zero-order valence-electron chi connectivity index (χ0n) is 12.7. The van der Waals surface area contributed by atoms with Crippen LogP contribution in [0.2, 0.25) is 0 Å². The number of hydrogen-bond acceptors (Lipinski definition) is 4. The summed E-state index contributed by atoms with van der Waals surface area (Å²) < 4.78 is 5.13. The van der Waals surface area contributed by atoms with Gasteiger partial charge in [0.1, 0.15) is 5.60 Å². The van der Waals surface area contributed by atoms with E-state index in [1.54, 1.807) is 20.8 Å². The highest BCUT2D eigenvalue weighted by Crippen LogP contribution is 2.09. The lowest BCUT2D eigenvalue weighted by Gasteiger charge is -2.22. The molecule has 1 atom stereocenters. The number of nitrogens with zero attached hydrogens (tertiary/aromatic N) is 1. The number of aryl methyl sites for hydroxylation is 1. The fourth-order valence-corrected chi connectivity index (χ4v) is 1.85. The lowest BCUT2D eigenvalue weighted by atomic mass is 10.1. The number of ether oxygens (including phenoxy) is 1. The van der Waals surface area contributed by atoms with E-state index in [4.69, 9.17) is 4.74 Å². The summed E-state index contributed by atoms with van der Waals surface area (Å²) in [4.78, 5) is 22.0. The van der Waals surface area contributed by atoms with Gasteiger partial charge in [-0.05, 0) is 39.2 Å². The first-order valence-electron chi connectivity index (χ1n) is 6.91. The van der Waals surface area contributed by atoms with E-state index in [2.05, 4.69) is 5.32 Å². The number of nitro groups is 1. The molecule has 1 rings (SSSR count). The Bertz CT molecular complexity index is 468. The summed E-state index contributed by atoms with van der Waals surface area (Å²) in [5.41, 5.74) is 0.458. The summed E-state index contributed by atoms with van der Waals surface area (Å²) in [5.74, 6) is 0. The Hall–Kier alpha value is -2.11. The van der Waals surface area contributed by atoms with Gasteiger partial charge in [-0.2, -0.15) is 0 Å². The van der Waals surface area contributed by atoms with Crippen molar-refractivity contribution in [2.75, 3.05) is 6.54 Å². The molecule has 0 bridgehead atoms. The standard InChI is InChI=1S/C15H22N2O4/c1-15(2,3)21-14(18)16-13(11-17(19)20)10-9-12-7-5-4-6-8-12/h4-8,13H,9-11H2,1-3H3,(H,16,18). The van der Waals surface area contributed by atoms with Crippen LogP contribution in [-0.4, -0.2) is 29.2 Å². The van der Waals surface area contributed by atoms with Gasteiger partial charge in [-0.1, -0.05) is 30.3 Å². The van der Waals surface area contributed by atoms with Crippen molar-refractivity contribution in [3.8, 4) is 0 Å². The second-order valence-corrected chi connectivity index (χ2v) is 5.88. The molecule has 116 valence electrons. The first kappa shape index (κ1) is 16.9. The minimum absolute atomic E-state index is 0.313. The highest BCUT2D eigenvalue weighted by molar-refractivity contribution is 5.68. The molecule has 1 unspecified atom stereocenters. The average molecular weight is 294 g/mol. The number of carbonyl (C=O) groups is 1. The van der Waals surface area contributed by atoms with Gasteiger partial charge in [-0.25, -0.2) is 4.79 Å². The van der Waals surface area contributed by atoms with E-state index < -0.39 is 22.7 Å². The predicted molar refractivity (Wildman–Crippen MR) is 79.8 cm³/mol. The molecule has 1 aromatic carbocycles. The van der Waals surface area contributed by atoms with Crippen molar-refractivity contribution < 1.29 is 14.5 Å². The van der Waals surface area contributed by atoms with Gasteiger partial charge in [0, 0.05) is 4.92 Å². The molecule has 0 fully saturated rings. The smallest absolute Gasteiger partial charge is 0.408 e. The Labute approximate surface area is 124 Å². The Morgan fingerprint density at radius 3 is 2.48 bits per heavy atom. The van der Waals surface area contributed by atoms with Gasteiger partial charge < -0.3 is 10.1 Å². The normalized spacial score (nSPS) is 12.5. The molecule has 0 aliphatic carbocycles. The van der Waals surface area contributed by atoms with Crippen molar-refractivity contribution in [3.05, 3.63) is 46.0 Å². The molecule has 0 aliphatic heterocycles. The molecule has 1 N–H and O–H groups in total. The van der Waals surface area contributed by atoms with E-state index in [1.807, 2.05) is 30.3 Å². The van der Waals surface area contributed by atoms with Crippen LogP contribution < -0.4 is 5.32 Å². The van der Waals surface area contributed by atoms with Gasteiger partial charge in [0.25, 0.3) is 0 Å². The largest absolute Gasteiger partial charge is 0.444 e. The zero-order valence-corrected chi connectivity index (χ0v) is 12.7. The Kier molecular flexibility index (Phi) is 6.14. The summed E-state index contributed by atoms with van der Waals surface area (Å²) in [6.07, 6.45) is 0.529. The Balaban J connectivity index is 2.55. The third-order valence-electron chi connectivity index (χ3n) is 2.71. The summed E-state index contributed by atoms with van der Waals surface area (Å²) in [6.45, 7) is 4.93. The van der Waals surface area contributed by atoms with Gasteiger partial charge in [-0.15, -0.1) is 0 Å². The van der Waals surface area contributed by atoms with Crippen molar-refractivity contribution >= 4 is 6.09 Å². The van der Waals surface area contributed by atoms with Gasteiger partial charge in [0.15, 0.2) is 0 Å². The van der Waals surface area contributed by atoms with Crippen LogP contribution in [0.4, 0.5) is 4.79 Å². The van der Waals surface area contributed by atoms with Crippen LogP contribution in [0, 0.1) is 10.1 Å². The molecule has 1 aromatic rings. The van der Waals surface area contributed by atoms with Crippen LogP contribution in [0.1, 0.15) is 32.8 Å². The summed E-state index contributed by atoms with van der Waals surface area (Å²) in [6, 6.07) is 9.11. The second kappa shape index (κ2) is 7.61. The van der Waals surface area contributed by atoms with Crippen LogP contribution in [-0.2, 0) is 11.2 Å². The minimum atomic E-state index is -0.623. The maximum absolute atomic E-state index is 11.7. The molecule has 0 heterocycles. The molecule has 6 nitrogen and oxygen atoms in total. The maximum atomic E-state index is 11.7. The molecule has 0 spiro atoms. The number of amides is 1. The van der Waals surface area contributed by atoms with Crippen molar-refractivity contribution in [2.45, 2.75) is 45.3 Å². The quantitative estimate of drug-likeness (QED) is 0.646. The SMILES string of the molecule is CC(C)(C)OC(=O)NC(CCc1ccccc1)C[N+](=O)[O-]. The monoisotopic (exact) mass is 294 g/mol. The van der Waals surface area contributed by atoms with Gasteiger partial charge >= 0.3 is 6.09 Å². The van der Waals surface area contributed by atoms with Crippen LogP contribution in [0.3, 0.4) is 0 Å². The van der Waals surface area contributed by atoms with E-state index in [0.29, 0.717) is 12.8 Å². The van der Waals surface area contributed by atoms with Crippen molar-refractivity contribution in [2.24, 2.45) is 0 Å². The number of hydrogen-bond donors (Lipinski definition) is 1. The van der Waals surface area contributed by atoms with E-state index >= 15 is 0 Å². The van der Waals surface area contributed by atoms with Crippen LogP contribution >= 0.6 is 0 Å². The van der Waals surface area contributed by atoms with E-state index in [0.717, 1.165) is 5.56 Å². The molecule has 0 saturated carbocycles. The van der Waals surface area contributed by atoms with E-state index in [-0.39, 0.29) is 6.54 Å². The maximum Gasteiger partial charge on any atom is 0.408 e. The molecule has 0 radical (unpaired) electrons. The first-order valence-corrected chi connectivity index (χ1v) is 6.91. The number of benzene rings is 1.